The number of quaternary nitrogens is 1. The van der Waals surface area contributed by atoms with Crippen LogP contribution in [-0.2, 0) is 4.79 Å². The van der Waals surface area contributed by atoms with E-state index < -0.39 is 0 Å². The molecule has 0 radical (unpaired) electrons. The number of amidine groups is 1. The fourth-order valence-corrected chi connectivity index (χ4v) is 4.73. The van der Waals surface area contributed by atoms with E-state index in [2.05, 4.69) is 38.2 Å². The lowest BCUT2D eigenvalue weighted by molar-refractivity contribution is -0.861. The zero-order valence-electron chi connectivity index (χ0n) is 20.6. The van der Waals surface area contributed by atoms with Crippen molar-refractivity contribution in [3.05, 3.63) is 12.2 Å². The minimum absolute atomic E-state index is 0.0553. The van der Waals surface area contributed by atoms with Crippen molar-refractivity contribution >= 4 is 11.7 Å². The van der Waals surface area contributed by atoms with Crippen molar-refractivity contribution in [1.29, 1.82) is 0 Å². The van der Waals surface area contributed by atoms with E-state index in [9.17, 15) is 4.79 Å². The van der Waals surface area contributed by atoms with Gasteiger partial charge in [-0.25, -0.2) is 4.99 Å². The minimum atomic E-state index is 0.0553. The number of hydrogen-bond acceptors (Lipinski definition) is 2. The number of nitrogens with one attached hydrogen (secondary N) is 1. The van der Waals surface area contributed by atoms with Crippen LogP contribution in [0.3, 0.4) is 0 Å². The Morgan fingerprint density at radius 2 is 1.53 bits per heavy atom. The first-order chi connectivity index (χ1) is 14.6. The van der Waals surface area contributed by atoms with Crippen molar-refractivity contribution in [2.75, 3.05) is 19.6 Å². The van der Waals surface area contributed by atoms with Crippen molar-refractivity contribution in [2.24, 2.45) is 4.99 Å². The molecule has 4 nitrogen and oxygen atoms in total. The molecule has 1 aliphatic rings. The van der Waals surface area contributed by atoms with E-state index in [4.69, 9.17) is 4.99 Å². The van der Waals surface area contributed by atoms with Gasteiger partial charge in [-0.05, 0) is 39.0 Å². The summed E-state index contributed by atoms with van der Waals surface area (Å²) in [5.41, 5.74) is 0. The number of unbranched alkanes of at least 4 members (excludes halogenated alkanes) is 11. The second-order valence-electron chi connectivity index (χ2n) is 9.08. The molecule has 0 fully saturated rings. The molecule has 4 heteroatoms. The summed E-state index contributed by atoms with van der Waals surface area (Å²) >= 11 is 0. The topological polar surface area (TPSA) is 41.5 Å². The molecule has 0 saturated carbocycles. The van der Waals surface area contributed by atoms with Gasteiger partial charge in [-0.15, -0.1) is 0 Å². The molecule has 1 amide bonds. The van der Waals surface area contributed by atoms with Crippen LogP contribution in [-0.4, -0.2) is 42.0 Å². The third kappa shape index (κ3) is 10.2. The van der Waals surface area contributed by atoms with Crippen LogP contribution in [0, 0.1) is 0 Å². The summed E-state index contributed by atoms with van der Waals surface area (Å²) in [4.78, 5) is 16.3. The Morgan fingerprint density at radius 3 is 2.10 bits per heavy atom. The highest BCUT2D eigenvalue weighted by Crippen LogP contribution is 2.23. The Balaban J connectivity index is 2.08. The zero-order chi connectivity index (χ0) is 22.1. The van der Waals surface area contributed by atoms with Gasteiger partial charge >= 0.3 is 0 Å². The first-order valence-corrected chi connectivity index (χ1v) is 12.9. The molecule has 2 unspecified atom stereocenters. The van der Waals surface area contributed by atoms with Gasteiger partial charge in [-0.2, -0.15) is 0 Å². The molecule has 1 heterocycles. The van der Waals surface area contributed by atoms with Gasteiger partial charge in [0.05, 0.1) is 13.1 Å². The molecule has 0 aliphatic carbocycles. The molecule has 1 aliphatic heterocycles. The summed E-state index contributed by atoms with van der Waals surface area (Å²) < 4.78 is 0.848. The highest BCUT2D eigenvalue weighted by molar-refractivity contribution is 5.78. The Labute approximate surface area is 187 Å². The predicted octanol–water partition coefficient (Wildman–Crippen LogP) is 6.75. The molecule has 2 atom stereocenters. The predicted molar refractivity (Wildman–Crippen MR) is 131 cm³/mol. The standard InChI is InChI=1S/C26H49N3O/c1-5-7-8-9-10-11-12-13-14-15-16-17-18-19-20-21-26-27-22-23-29(26,6-2)24(3)28-25(4)30/h14-15,24H,5-13,16-23H2,1-4H3/p+1/b15-14+. The number of amides is 1. The van der Waals surface area contributed by atoms with E-state index in [1.807, 2.05) is 0 Å². The first-order valence-electron chi connectivity index (χ1n) is 12.9. The Morgan fingerprint density at radius 1 is 0.967 bits per heavy atom. The lowest BCUT2D eigenvalue weighted by Crippen LogP contribution is -2.62. The Bertz CT molecular complexity index is 514. The van der Waals surface area contributed by atoms with Crippen LogP contribution < -0.4 is 5.32 Å². The highest BCUT2D eigenvalue weighted by atomic mass is 16.1. The van der Waals surface area contributed by atoms with Crippen LogP contribution in [0.2, 0.25) is 0 Å². The lowest BCUT2D eigenvalue weighted by atomic mass is 10.1. The van der Waals surface area contributed by atoms with Gasteiger partial charge in [0, 0.05) is 20.3 Å². The largest absolute Gasteiger partial charge is 0.307 e. The quantitative estimate of drug-likeness (QED) is 0.149. The van der Waals surface area contributed by atoms with E-state index in [1.165, 1.54) is 89.3 Å². The summed E-state index contributed by atoms with van der Waals surface area (Å²) in [6.45, 7) is 11.2. The fourth-order valence-electron chi connectivity index (χ4n) is 4.73. The normalized spacial score (nSPS) is 19.9. The van der Waals surface area contributed by atoms with Crippen molar-refractivity contribution in [1.82, 2.24) is 5.32 Å². The molecule has 0 aromatic heterocycles. The van der Waals surface area contributed by atoms with Crippen LogP contribution in [0.1, 0.15) is 118 Å². The van der Waals surface area contributed by atoms with Crippen LogP contribution in [0.4, 0.5) is 0 Å². The van der Waals surface area contributed by atoms with E-state index in [0.29, 0.717) is 0 Å². The third-order valence-electron chi connectivity index (χ3n) is 6.69. The molecule has 174 valence electrons. The zero-order valence-corrected chi connectivity index (χ0v) is 20.6. The number of carbonyl (C=O) groups excluding carboxylic acids is 1. The summed E-state index contributed by atoms with van der Waals surface area (Å²) in [7, 11) is 0. The monoisotopic (exact) mass is 420 g/mol. The van der Waals surface area contributed by atoms with Gasteiger partial charge in [0.15, 0.2) is 12.0 Å². The van der Waals surface area contributed by atoms with Crippen LogP contribution in [0.25, 0.3) is 0 Å². The van der Waals surface area contributed by atoms with E-state index in [1.54, 1.807) is 6.92 Å². The maximum Gasteiger partial charge on any atom is 0.221 e. The molecule has 1 rings (SSSR count). The molecule has 1 N–H and O–H groups in total. The first kappa shape index (κ1) is 26.9. The molecule has 0 saturated heterocycles. The summed E-state index contributed by atoms with van der Waals surface area (Å²) in [6, 6.07) is 0. The van der Waals surface area contributed by atoms with Crippen LogP contribution in [0.5, 0.6) is 0 Å². The number of hydrogen-bond donors (Lipinski definition) is 1. The van der Waals surface area contributed by atoms with Gasteiger partial charge in [0.25, 0.3) is 0 Å². The highest BCUT2D eigenvalue weighted by Gasteiger charge is 2.41. The Hall–Kier alpha value is -1.16. The van der Waals surface area contributed by atoms with Crippen LogP contribution >= 0.6 is 0 Å². The van der Waals surface area contributed by atoms with Crippen LogP contribution in [0.15, 0.2) is 17.1 Å². The summed E-state index contributed by atoms with van der Waals surface area (Å²) in [6.07, 6.45) is 23.4. The molecule has 0 aromatic carbocycles. The van der Waals surface area contributed by atoms with Gasteiger partial charge in [-0.3, -0.25) is 9.28 Å². The maximum atomic E-state index is 11.5. The van der Waals surface area contributed by atoms with E-state index in [0.717, 1.165) is 30.5 Å². The molecular weight excluding hydrogens is 370 g/mol. The Kier molecular flexibility index (Phi) is 14.8. The number of nitrogens with zero attached hydrogens (tertiary/aromatic N) is 2. The fraction of sp³-hybridized carbons (Fsp3) is 0.846. The summed E-state index contributed by atoms with van der Waals surface area (Å²) in [5.74, 6) is 1.35. The maximum absolute atomic E-state index is 11.5. The van der Waals surface area contributed by atoms with Crippen molar-refractivity contribution in [3.63, 3.8) is 0 Å². The van der Waals surface area contributed by atoms with E-state index >= 15 is 0 Å². The van der Waals surface area contributed by atoms with Crippen molar-refractivity contribution in [3.8, 4) is 0 Å². The molecule has 0 aromatic rings. The van der Waals surface area contributed by atoms with Gasteiger partial charge in [0.1, 0.15) is 6.54 Å². The lowest BCUT2D eigenvalue weighted by Gasteiger charge is -2.39. The molecule has 0 bridgehead atoms. The molecule has 30 heavy (non-hydrogen) atoms. The number of rotatable bonds is 18. The van der Waals surface area contributed by atoms with Crippen molar-refractivity contribution in [2.45, 2.75) is 124 Å². The number of aliphatic imine (C=N–C) groups is 1. The third-order valence-corrected chi connectivity index (χ3v) is 6.69. The molecular formula is C26H50N3O+. The summed E-state index contributed by atoms with van der Waals surface area (Å²) in [5, 5.41) is 3.11. The number of allylic oxidation sites excluding steroid dienone is 2. The minimum Gasteiger partial charge on any atom is -0.307 e. The average molecular weight is 421 g/mol. The second-order valence-corrected chi connectivity index (χ2v) is 9.08. The van der Waals surface area contributed by atoms with Gasteiger partial charge in [-0.1, -0.05) is 70.4 Å². The second kappa shape index (κ2) is 16.5. The molecule has 0 spiro atoms. The SMILES string of the molecule is CCCCCCCCC/C=C/CCCCCCC1=NCC[N+]1(CC)C(C)NC(C)=O. The van der Waals surface area contributed by atoms with E-state index in [-0.39, 0.29) is 12.1 Å². The van der Waals surface area contributed by atoms with Gasteiger partial charge in [0.2, 0.25) is 5.91 Å². The number of likely N-dealkylation sites (N-methyl/N-ethyl adjacent to an activating group) is 1. The smallest absolute Gasteiger partial charge is 0.221 e. The average Bonchev–Trinajstić information content (AvgIpc) is 3.14. The number of carbonyl (C=O) groups is 1. The van der Waals surface area contributed by atoms with Crippen molar-refractivity contribution < 1.29 is 9.28 Å². The van der Waals surface area contributed by atoms with Gasteiger partial charge < -0.3 is 5.32 Å².